The first-order valence-corrected chi connectivity index (χ1v) is 7.93. The van der Waals surface area contributed by atoms with Crippen LogP contribution < -0.4 is 0 Å². The quantitative estimate of drug-likeness (QED) is 0.883. The SMILES string of the molecule is CC(=O)N1C(C(=O)O)C(C)(C)S[C@H]1c1ccc(Cl)cc1Cl. The van der Waals surface area contributed by atoms with Crippen LogP contribution in [-0.2, 0) is 9.59 Å². The molecule has 1 aliphatic rings. The van der Waals surface area contributed by atoms with Crippen molar-refractivity contribution in [2.24, 2.45) is 0 Å². The van der Waals surface area contributed by atoms with Crippen LogP contribution in [0.1, 0.15) is 31.7 Å². The summed E-state index contributed by atoms with van der Waals surface area (Å²) in [6, 6.07) is 4.11. The van der Waals surface area contributed by atoms with Gasteiger partial charge in [0.15, 0.2) is 0 Å². The molecule has 1 fully saturated rings. The van der Waals surface area contributed by atoms with E-state index in [1.807, 2.05) is 13.8 Å². The Morgan fingerprint density at radius 3 is 2.43 bits per heavy atom. The molecule has 2 atom stereocenters. The summed E-state index contributed by atoms with van der Waals surface area (Å²) in [6.07, 6.45) is 0. The number of hydrogen-bond donors (Lipinski definition) is 1. The minimum atomic E-state index is -1.02. The molecule has 4 nitrogen and oxygen atoms in total. The lowest BCUT2D eigenvalue weighted by Crippen LogP contribution is -2.48. The van der Waals surface area contributed by atoms with Gasteiger partial charge in [0.25, 0.3) is 0 Å². The van der Waals surface area contributed by atoms with Gasteiger partial charge in [-0.1, -0.05) is 29.3 Å². The van der Waals surface area contributed by atoms with Crippen molar-refractivity contribution in [3.8, 4) is 0 Å². The van der Waals surface area contributed by atoms with Gasteiger partial charge in [-0.15, -0.1) is 11.8 Å². The second-order valence-corrected chi connectivity index (χ2v) is 7.98. The lowest BCUT2D eigenvalue weighted by molar-refractivity contribution is -0.150. The van der Waals surface area contributed by atoms with Gasteiger partial charge in [-0.2, -0.15) is 0 Å². The number of halogens is 2. The van der Waals surface area contributed by atoms with Crippen LogP contribution in [0, 0.1) is 0 Å². The fourth-order valence-electron chi connectivity index (χ4n) is 2.56. The van der Waals surface area contributed by atoms with Crippen LogP contribution in [0.4, 0.5) is 0 Å². The van der Waals surface area contributed by atoms with Gasteiger partial charge >= 0.3 is 5.97 Å². The number of benzene rings is 1. The highest BCUT2D eigenvalue weighted by Gasteiger charge is 2.53. The summed E-state index contributed by atoms with van der Waals surface area (Å²) in [5.41, 5.74) is 0.693. The van der Waals surface area contributed by atoms with E-state index < -0.39 is 22.1 Å². The van der Waals surface area contributed by atoms with Crippen molar-refractivity contribution in [2.75, 3.05) is 0 Å². The van der Waals surface area contributed by atoms with Crippen LogP contribution in [0.5, 0.6) is 0 Å². The lowest BCUT2D eigenvalue weighted by atomic mass is 10.0. The predicted octanol–water partition coefficient (Wildman–Crippen LogP) is 3.82. The van der Waals surface area contributed by atoms with Gasteiger partial charge in [0.2, 0.25) is 5.91 Å². The minimum Gasteiger partial charge on any atom is -0.480 e. The van der Waals surface area contributed by atoms with Gasteiger partial charge in [-0.3, -0.25) is 4.79 Å². The molecule has 1 aromatic carbocycles. The maximum atomic E-state index is 12.0. The molecule has 1 heterocycles. The highest BCUT2D eigenvalue weighted by Crippen LogP contribution is 2.53. The fourth-order valence-corrected chi connectivity index (χ4v) is 4.77. The Kier molecular flexibility index (Phi) is 4.47. The average molecular weight is 348 g/mol. The van der Waals surface area contributed by atoms with Gasteiger partial charge in [0, 0.05) is 27.3 Å². The van der Waals surface area contributed by atoms with Crippen LogP contribution >= 0.6 is 35.0 Å². The third kappa shape index (κ3) is 3.00. The molecular formula is C14H15Cl2NO3S. The molecule has 0 bridgehead atoms. The Morgan fingerprint density at radius 1 is 1.33 bits per heavy atom. The third-order valence-electron chi connectivity index (χ3n) is 3.43. The van der Waals surface area contributed by atoms with E-state index in [0.29, 0.717) is 15.6 Å². The number of carboxylic acid groups (broad SMARTS) is 1. The number of carboxylic acids is 1. The van der Waals surface area contributed by atoms with E-state index in [2.05, 4.69) is 0 Å². The zero-order valence-corrected chi connectivity index (χ0v) is 14.1. The number of carbonyl (C=O) groups excluding carboxylic acids is 1. The summed E-state index contributed by atoms with van der Waals surface area (Å²) in [5, 5.41) is 9.96. The second kappa shape index (κ2) is 5.71. The molecule has 0 aliphatic carbocycles. The number of amides is 1. The monoisotopic (exact) mass is 347 g/mol. The van der Waals surface area contributed by atoms with E-state index in [1.165, 1.54) is 23.6 Å². The van der Waals surface area contributed by atoms with Gasteiger partial charge < -0.3 is 10.0 Å². The van der Waals surface area contributed by atoms with Crippen LogP contribution in [0.3, 0.4) is 0 Å². The van der Waals surface area contributed by atoms with Gasteiger partial charge in [0.05, 0.1) is 0 Å². The summed E-state index contributed by atoms with van der Waals surface area (Å²) in [7, 11) is 0. The summed E-state index contributed by atoms with van der Waals surface area (Å²) >= 11 is 13.5. The smallest absolute Gasteiger partial charge is 0.327 e. The molecule has 1 saturated heterocycles. The molecule has 0 aromatic heterocycles. The van der Waals surface area contributed by atoms with Crippen LogP contribution in [0.25, 0.3) is 0 Å². The van der Waals surface area contributed by atoms with Gasteiger partial charge in [-0.05, 0) is 26.0 Å². The Balaban J connectivity index is 2.52. The van der Waals surface area contributed by atoms with Crippen LogP contribution in [0.15, 0.2) is 18.2 Å². The lowest BCUT2D eigenvalue weighted by Gasteiger charge is -2.29. The van der Waals surface area contributed by atoms with Crippen molar-refractivity contribution in [1.82, 2.24) is 4.90 Å². The molecule has 0 radical (unpaired) electrons. The molecule has 0 saturated carbocycles. The number of nitrogens with zero attached hydrogens (tertiary/aromatic N) is 1. The summed E-state index contributed by atoms with van der Waals surface area (Å²) in [5.74, 6) is -1.31. The van der Waals surface area contributed by atoms with Crippen molar-refractivity contribution in [3.05, 3.63) is 33.8 Å². The number of carbonyl (C=O) groups is 2. The maximum Gasteiger partial charge on any atom is 0.327 e. The van der Waals surface area contributed by atoms with Crippen molar-refractivity contribution in [2.45, 2.75) is 36.9 Å². The fraction of sp³-hybridized carbons (Fsp3) is 0.429. The first-order valence-electron chi connectivity index (χ1n) is 6.29. The largest absolute Gasteiger partial charge is 0.480 e. The summed E-state index contributed by atoms with van der Waals surface area (Å²) in [6.45, 7) is 5.00. The number of rotatable bonds is 2. The molecule has 21 heavy (non-hydrogen) atoms. The number of hydrogen-bond acceptors (Lipinski definition) is 3. The highest BCUT2D eigenvalue weighted by molar-refractivity contribution is 8.01. The van der Waals surface area contributed by atoms with Crippen molar-refractivity contribution in [1.29, 1.82) is 0 Å². The molecule has 114 valence electrons. The van der Waals surface area contributed by atoms with Crippen molar-refractivity contribution < 1.29 is 14.7 Å². The van der Waals surface area contributed by atoms with Crippen LogP contribution in [-0.4, -0.2) is 32.7 Å². The van der Waals surface area contributed by atoms with E-state index in [0.717, 1.165) is 0 Å². The predicted molar refractivity (Wildman–Crippen MR) is 84.8 cm³/mol. The Bertz CT molecular complexity index is 606. The zero-order valence-electron chi connectivity index (χ0n) is 11.8. The van der Waals surface area contributed by atoms with E-state index in [1.54, 1.807) is 18.2 Å². The minimum absolute atomic E-state index is 0.295. The highest BCUT2D eigenvalue weighted by atomic mass is 35.5. The van der Waals surface area contributed by atoms with Crippen molar-refractivity contribution in [3.63, 3.8) is 0 Å². The van der Waals surface area contributed by atoms with E-state index >= 15 is 0 Å². The molecule has 1 N–H and O–H groups in total. The molecule has 7 heteroatoms. The van der Waals surface area contributed by atoms with Crippen LogP contribution in [0.2, 0.25) is 10.0 Å². The molecule has 1 aliphatic heterocycles. The normalized spacial score (nSPS) is 24.1. The molecule has 0 spiro atoms. The third-order valence-corrected chi connectivity index (χ3v) is 5.53. The summed E-state index contributed by atoms with van der Waals surface area (Å²) < 4.78 is -0.620. The van der Waals surface area contributed by atoms with E-state index in [9.17, 15) is 14.7 Å². The Hall–Kier alpha value is -0.910. The maximum absolute atomic E-state index is 12.0. The molecule has 1 aromatic rings. The first-order chi connectivity index (χ1) is 9.65. The summed E-state index contributed by atoms with van der Waals surface area (Å²) in [4.78, 5) is 25.0. The first kappa shape index (κ1) is 16.5. The number of thioether (sulfide) groups is 1. The van der Waals surface area contributed by atoms with Gasteiger partial charge in [0.1, 0.15) is 11.4 Å². The van der Waals surface area contributed by atoms with Crippen molar-refractivity contribution >= 4 is 46.8 Å². The topological polar surface area (TPSA) is 57.6 Å². The molecule has 2 rings (SSSR count). The standard InChI is InChI=1S/C14H15Cl2NO3S/c1-7(18)17-11(13(19)20)14(2,3)21-12(17)9-5-4-8(15)6-10(9)16/h4-6,11-12H,1-3H3,(H,19,20)/t11?,12-/m0/s1. The Morgan fingerprint density at radius 2 is 1.95 bits per heavy atom. The van der Waals surface area contributed by atoms with E-state index in [4.69, 9.17) is 23.2 Å². The Labute approximate surface area is 137 Å². The average Bonchev–Trinajstić information content (AvgIpc) is 2.60. The number of aliphatic carboxylic acids is 1. The molecule has 1 unspecified atom stereocenters. The molecular weight excluding hydrogens is 333 g/mol. The zero-order chi connectivity index (χ0) is 15.9. The molecule has 1 amide bonds. The second-order valence-electron chi connectivity index (χ2n) is 5.41. The van der Waals surface area contributed by atoms with Gasteiger partial charge in [-0.25, -0.2) is 4.79 Å². The van der Waals surface area contributed by atoms with E-state index in [-0.39, 0.29) is 5.91 Å².